The number of nitrogens with two attached hydrogens (primary N) is 1. The van der Waals surface area contributed by atoms with Crippen molar-refractivity contribution in [2.24, 2.45) is 5.92 Å². The van der Waals surface area contributed by atoms with Crippen molar-refractivity contribution in [3.05, 3.63) is 24.2 Å². The Kier molecular flexibility index (Phi) is 6.60. The molecule has 184 valence electrons. The summed E-state index contributed by atoms with van der Waals surface area (Å²) in [5.74, 6) is -0.601. The Morgan fingerprint density at radius 1 is 1.24 bits per heavy atom. The number of ether oxygens (including phenoxy) is 5. The van der Waals surface area contributed by atoms with Gasteiger partial charge in [-0.25, -0.2) is 14.3 Å². The minimum absolute atomic E-state index is 0.0524. The molecule has 0 spiro atoms. The summed E-state index contributed by atoms with van der Waals surface area (Å²) >= 11 is 0. The lowest BCUT2D eigenvalue weighted by Crippen LogP contribution is -2.45. The van der Waals surface area contributed by atoms with Crippen LogP contribution in [-0.2, 0) is 38.9 Å². The van der Waals surface area contributed by atoms with Gasteiger partial charge >= 0.3 is 18.1 Å². The molecule has 0 aliphatic carbocycles. The predicted molar refractivity (Wildman–Crippen MR) is 115 cm³/mol. The van der Waals surface area contributed by atoms with Gasteiger partial charge in [-0.3, -0.25) is 9.59 Å². The number of nitrogens with zero attached hydrogens (tertiary/aromatic N) is 3. The molecule has 4 rings (SSSR count). The van der Waals surface area contributed by atoms with Crippen LogP contribution in [0, 0.1) is 5.92 Å². The van der Waals surface area contributed by atoms with Crippen LogP contribution in [0.5, 0.6) is 0 Å². The first kappa shape index (κ1) is 23.7. The van der Waals surface area contributed by atoms with Gasteiger partial charge in [-0.15, -0.1) is 0 Å². The minimum Gasteiger partial charge on any atom is -0.455 e. The summed E-state index contributed by atoms with van der Waals surface area (Å²) in [6.45, 7) is 5.40. The molecule has 2 aromatic rings. The number of fused-ring (bicyclic) bond motifs is 2. The van der Waals surface area contributed by atoms with E-state index in [1.807, 2.05) is 13.8 Å². The van der Waals surface area contributed by atoms with E-state index in [-0.39, 0.29) is 37.8 Å². The first-order valence-corrected chi connectivity index (χ1v) is 11.1. The summed E-state index contributed by atoms with van der Waals surface area (Å²) in [6, 6.07) is 3.43. The van der Waals surface area contributed by atoms with E-state index in [0.29, 0.717) is 17.6 Å². The van der Waals surface area contributed by atoms with E-state index in [9.17, 15) is 14.4 Å². The van der Waals surface area contributed by atoms with Crippen molar-refractivity contribution in [2.45, 2.75) is 63.9 Å². The van der Waals surface area contributed by atoms with Crippen molar-refractivity contribution >= 4 is 29.4 Å². The Hall–Kier alpha value is -3.41. The van der Waals surface area contributed by atoms with Gasteiger partial charge in [0.05, 0.1) is 12.3 Å². The normalized spacial score (nSPS) is 27.4. The predicted octanol–water partition coefficient (Wildman–Crippen LogP) is 1.74. The minimum atomic E-state index is -1.31. The molecule has 2 aromatic heterocycles. The molecule has 2 fully saturated rings. The second-order valence-corrected chi connectivity index (χ2v) is 8.91. The average Bonchev–Trinajstić information content (AvgIpc) is 3.34. The van der Waals surface area contributed by atoms with Crippen molar-refractivity contribution in [1.82, 2.24) is 14.6 Å². The third-order valence-electron chi connectivity index (χ3n) is 5.78. The maximum absolute atomic E-state index is 12.5. The molecule has 2 N–H and O–H groups in total. The number of carbonyl (C=O) groups is 3. The standard InChI is InChI=1S/C22H28N4O8/c1-12(2)9-30-21(29)31-10-14-18-19(33-17(28)6-4-5-16(27)32-18)22(3,34-14)15-8-7-13-20(23)24-11-25-26(13)15/h7-8,11-12,14,18-19H,4-6,9-10H2,1-3H3,(H2,23,24,25)/t14-,18-,19-,22+/m1/s1. The third kappa shape index (κ3) is 4.63. The van der Waals surface area contributed by atoms with E-state index in [1.165, 1.54) is 10.8 Å². The molecule has 4 heterocycles. The smallest absolute Gasteiger partial charge is 0.455 e. The Bertz CT molecular complexity index is 1090. The van der Waals surface area contributed by atoms with Crippen LogP contribution in [0.15, 0.2) is 18.5 Å². The number of hydrogen-bond donors (Lipinski definition) is 1. The highest BCUT2D eigenvalue weighted by Crippen LogP contribution is 2.44. The summed E-state index contributed by atoms with van der Waals surface area (Å²) in [4.78, 5) is 41.0. The highest BCUT2D eigenvalue weighted by atomic mass is 16.7. The highest BCUT2D eigenvalue weighted by molar-refractivity contribution is 5.74. The fourth-order valence-corrected chi connectivity index (χ4v) is 4.15. The van der Waals surface area contributed by atoms with Crippen LogP contribution in [0.3, 0.4) is 0 Å². The van der Waals surface area contributed by atoms with Gasteiger partial charge < -0.3 is 29.4 Å². The molecule has 0 aromatic carbocycles. The first-order valence-electron chi connectivity index (χ1n) is 11.1. The quantitative estimate of drug-likeness (QED) is 0.496. The first-order chi connectivity index (χ1) is 16.2. The summed E-state index contributed by atoms with van der Waals surface area (Å²) in [5.41, 5.74) is 5.69. The number of aromatic nitrogens is 3. The lowest BCUT2D eigenvalue weighted by molar-refractivity contribution is -0.168. The Labute approximate surface area is 195 Å². The van der Waals surface area contributed by atoms with E-state index in [2.05, 4.69) is 10.1 Å². The maximum atomic E-state index is 12.5. The van der Waals surface area contributed by atoms with E-state index < -0.39 is 42.0 Å². The number of carbonyl (C=O) groups excluding carboxylic acids is 3. The van der Waals surface area contributed by atoms with Gasteiger partial charge in [0.1, 0.15) is 30.2 Å². The van der Waals surface area contributed by atoms with Crippen molar-refractivity contribution in [3.8, 4) is 0 Å². The molecular formula is C22H28N4O8. The molecule has 2 aliphatic heterocycles. The second-order valence-electron chi connectivity index (χ2n) is 8.91. The van der Waals surface area contributed by atoms with Gasteiger partial charge in [0.2, 0.25) is 0 Å². The zero-order valence-corrected chi connectivity index (χ0v) is 19.3. The Morgan fingerprint density at radius 2 is 1.97 bits per heavy atom. The van der Waals surface area contributed by atoms with Gasteiger partial charge in [0.15, 0.2) is 18.0 Å². The van der Waals surface area contributed by atoms with Crippen LogP contribution in [0.2, 0.25) is 0 Å². The van der Waals surface area contributed by atoms with Crippen LogP contribution >= 0.6 is 0 Å². The van der Waals surface area contributed by atoms with Crippen LogP contribution in [-0.4, -0.2) is 64.2 Å². The molecule has 0 saturated carbocycles. The number of rotatable bonds is 5. The van der Waals surface area contributed by atoms with Gasteiger partial charge in [-0.2, -0.15) is 5.10 Å². The molecule has 34 heavy (non-hydrogen) atoms. The number of nitrogen functional groups attached to an aromatic ring is 1. The number of esters is 2. The lowest BCUT2D eigenvalue weighted by Gasteiger charge is -2.30. The summed E-state index contributed by atoms with van der Waals surface area (Å²) < 4.78 is 29.6. The van der Waals surface area contributed by atoms with E-state index in [1.54, 1.807) is 19.1 Å². The van der Waals surface area contributed by atoms with Crippen LogP contribution in [0.1, 0.15) is 45.7 Å². The zero-order chi connectivity index (χ0) is 24.5. The fraction of sp³-hybridized carbons (Fsp3) is 0.591. The summed E-state index contributed by atoms with van der Waals surface area (Å²) in [5, 5.41) is 4.26. The Balaban J connectivity index is 1.68. The molecule has 4 atom stereocenters. The molecule has 0 amide bonds. The van der Waals surface area contributed by atoms with Crippen LogP contribution in [0.4, 0.5) is 10.6 Å². The molecule has 0 bridgehead atoms. The molecule has 12 heteroatoms. The topological polar surface area (TPSA) is 154 Å². The zero-order valence-electron chi connectivity index (χ0n) is 19.3. The number of hydrogen-bond acceptors (Lipinski definition) is 11. The summed E-state index contributed by atoms with van der Waals surface area (Å²) in [6.07, 6.45) is -2.16. The SMILES string of the molecule is CC(C)COC(=O)OC[C@H]1O[C@@](C)(c2ccc3c(N)ncnn23)[C@@H]2OC(=O)CCCC(=O)O[C@@H]21. The van der Waals surface area contributed by atoms with Crippen molar-refractivity contribution < 1.29 is 38.1 Å². The van der Waals surface area contributed by atoms with Gasteiger partial charge in [0, 0.05) is 12.8 Å². The van der Waals surface area contributed by atoms with E-state index >= 15 is 0 Å². The number of anilines is 1. The van der Waals surface area contributed by atoms with E-state index in [4.69, 9.17) is 29.4 Å². The molecule has 0 radical (unpaired) electrons. The fourth-order valence-electron chi connectivity index (χ4n) is 4.15. The van der Waals surface area contributed by atoms with Gasteiger partial charge in [-0.1, -0.05) is 13.8 Å². The van der Waals surface area contributed by atoms with E-state index in [0.717, 1.165) is 0 Å². The van der Waals surface area contributed by atoms with Gasteiger partial charge in [0.25, 0.3) is 0 Å². The molecule has 2 aliphatic rings. The highest BCUT2D eigenvalue weighted by Gasteiger charge is 2.59. The van der Waals surface area contributed by atoms with Crippen molar-refractivity contribution in [1.29, 1.82) is 0 Å². The largest absolute Gasteiger partial charge is 0.508 e. The lowest BCUT2D eigenvalue weighted by atomic mass is 9.92. The van der Waals surface area contributed by atoms with Crippen molar-refractivity contribution in [3.63, 3.8) is 0 Å². The van der Waals surface area contributed by atoms with Gasteiger partial charge in [-0.05, 0) is 31.4 Å². The third-order valence-corrected chi connectivity index (χ3v) is 5.78. The Morgan fingerprint density at radius 3 is 2.71 bits per heavy atom. The molecule has 12 nitrogen and oxygen atoms in total. The monoisotopic (exact) mass is 476 g/mol. The molecule has 2 saturated heterocycles. The average molecular weight is 476 g/mol. The second kappa shape index (κ2) is 9.45. The van der Waals surface area contributed by atoms with Crippen LogP contribution < -0.4 is 5.73 Å². The molecule has 0 unspecified atom stereocenters. The maximum Gasteiger partial charge on any atom is 0.508 e. The van der Waals surface area contributed by atoms with Crippen molar-refractivity contribution in [2.75, 3.05) is 18.9 Å². The van der Waals surface area contributed by atoms with Crippen LogP contribution in [0.25, 0.3) is 5.52 Å². The molecular weight excluding hydrogens is 448 g/mol. The summed E-state index contributed by atoms with van der Waals surface area (Å²) in [7, 11) is 0.